The van der Waals surface area contributed by atoms with Gasteiger partial charge in [0.1, 0.15) is 0 Å². The van der Waals surface area contributed by atoms with Crippen LogP contribution in [-0.4, -0.2) is 83.8 Å². The van der Waals surface area contributed by atoms with Crippen molar-refractivity contribution in [2.45, 2.75) is 110 Å². The molecule has 1 aromatic heterocycles. The average Bonchev–Trinajstić information content (AvgIpc) is 3.13. The molecule has 0 N–H and O–H groups in total. The maximum absolute atomic E-state index is 5.43. The molecule has 0 spiro atoms. The summed E-state index contributed by atoms with van der Waals surface area (Å²) in [6.45, 7) is 18.5. The second-order valence-electron chi connectivity index (χ2n) is 10.4. The predicted molar refractivity (Wildman–Crippen MR) is 143 cm³/mol. The van der Waals surface area contributed by atoms with Crippen molar-refractivity contribution in [1.29, 1.82) is 0 Å². The molecule has 2 bridgehead atoms. The molecule has 0 amide bonds. The van der Waals surface area contributed by atoms with Gasteiger partial charge < -0.3 is 14.5 Å². The molecule has 3 aliphatic heterocycles. The Bertz CT molecular complexity index is 660. The van der Waals surface area contributed by atoms with Gasteiger partial charge in [-0.25, -0.2) is 9.97 Å². The zero-order valence-corrected chi connectivity index (χ0v) is 22.7. The highest BCUT2D eigenvalue weighted by Crippen LogP contribution is 2.34. The van der Waals surface area contributed by atoms with E-state index >= 15 is 0 Å². The van der Waals surface area contributed by atoms with Crippen molar-refractivity contribution in [3.63, 3.8) is 0 Å². The summed E-state index contributed by atoms with van der Waals surface area (Å²) in [6, 6.07) is 1.81. The Balaban J connectivity index is 0.00000158. The summed E-state index contributed by atoms with van der Waals surface area (Å²) >= 11 is 0. The molecule has 1 aromatic rings. The van der Waals surface area contributed by atoms with Gasteiger partial charge in [-0.3, -0.25) is 4.90 Å². The monoisotopic (exact) mass is 473 g/mol. The number of nitrogens with zero attached hydrogens (tertiary/aromatic N) is 5. The third-order valence-corrected chi connectivity index (χ3v) is 7.91. The largest absolute Gasteiger partial charge is 0.382 e. The summed E-state index contributed by atoms with van der Waals surface area (Å²) in [5.41, 5.74) is 1.34. The van der Waals surface area contributed by atoms with E-state index in [0.29, 0.717) is 24.0 Å². The van der Waals surface area contributed by atoms with E-state index in [4.69, 9.17) is 14.7 Å². The lowest BCUT2D eigenvalue weighted by molar-refractivity contribution is 0.142. The van der Waals surface area contributed by atoms with Crippen LogP contribution in [0.1, 0.15) is 97.5 Å². The zero-order chi connectivity index (χ0) is 24.3. The summed E-state index contributed by atoms with van der Waals surface area (Å²) in [4.78, 5) is 17.5. The first-order chi connectivity index (χ1) is 16.7. The first-order valence-corrected chi connectivity index (χ1v) is 14.3. The minimum Gasteiger partial charge on any atom is -0.382 e. The highest BCUT2D eigenvalue weighted by molar-refractivity contribution is 5.38. The average molecular weight is 474 g/mol. The Morgan fingerprint density at radius 2 is 1.53 bits per heavy atom. The normalized spacial score (nSPS) is 23.9. The second-order valence-corrected chi connectivity index (χ2v) is 10.4. The number of hydrogen-bond acceptors (Lipinski definition) is 6. The van der Waals surface area contributed by atoms with Gasteiger partial charge in [0.05, 0.1) is 0 Å². The molecule has 3 aliphatic rings. The van der Waals surface area contributed by atoms with Gasteiger partial charge in [0.15, 0.2) is 0 Å². The van der Waals surface area contributed by atoms with Crippen LogP contribution >= 0.6 is 0 Å². The van der Waals surface area contributed by atoms with Crippen molar-refractivity contribution in [3.8, 4) is 0 Å². The van der Waals surface area contributed by atoms with Crippen molar-refractivity contribution < 1.29 is 4.74 Å². The minimum atomic E-state index is 0.587. The first-order valence-electron chi connectivity index (χ1n) is 14.3. The fourth-order valence-electron chi connectivity index (χ4n) is 5.89. The Kier molecular flexibility index (Phi) is 11.5. The Hall–Kier alpha value is -1.24. The van der Waals surface area contributed by atoms with Crippen LogP contribution in [0, 0.1) is 0 Å². The van der Waals surface area contributed by atoms with Crippen LogP contribution in [0.15, 0.2) is 12.4 Å². The van der Waals surface area contributed by atoms with Crippen molar-refractivity contribution in [2.75, 3.05) is 50.8 Å². The molecule has 3 saturated heterocycles. The van der Waals surface area contributed by atoms with Crippen LogP contribution in [0.5, 0.6) is 0 Å². The maximum atomic E-state index is 5.43. The molecule has 0 saturated carbocycles. The van der Waals surface area contributed by atoms with Crippen molar-refractivity contribution >= 4 is 5.95 Å². The highest BCUT2D eigenvalue weighted by atomic mass is 16.5. The van der Waals surface area contributed by atoms with Crippen LogP contribution in [0.4, 0.5) is 5.95 Å². The SMILES string of the molecule is CC.CCOCCCCCCN1CCC(c2cnc(N3C4CCC3CN(C(C)C)C4)nc2)CC1. The molecule has 2 unspecified atom stereocenters. The highest BCUT2D eigenvalue weighted by Gasteiger charge is 2.41. The number of rotatable bonds is 11. The Labute approximate surface area is 209 Å². The standard InChI is InChI=1S/C26H45N5O.C2H6/c1-4-32-16-8-6-5-7-13-29-14-11-22(12-15-29)23-17-27-26(28-18-23)31-24-9-10-25(31)20-30(19-24)21(2)3;1-2/h17-18,21-22,24-25H,4-16,19-20H2,1-3H3;1-2H3. The maximum Gasteiger partial charge on any atom is 0.225 e. The van der Waals surface area contributed by atoms with Gasteiger partial charge >= 0.3 is 0 Å². The second kappa shape index (κ2) is 14.4. The molecule has 0 aromatic carbocycles. The number of piperidine rings is 1. The molecule has 194 valence electrons. The van der Waals surface area contributed by atoms with Crippen molar-refractivity contribution in [2.24, 2.45) is 0 Å². The molecule has 3 fully saturated rings. The van der Waals surface area contributed by atoms with Gasteiger partial charge in [0.25, 0.3) is 0 Å². The van der Waals surface area contributed by atoms with Crippen molar-refractivity contribution in [3.05, 3.63) is 18.0 Å². The fraction of sp³-hybridized carbons (Fsp3) is 0.857. The van der Waals surface area contributed by atoms with Gasteiger partial charge in [-0.15, -0.1) is 0 Å². The summed E-state index contributed by atoms with van der Waals surface area (Å²) in [5, 5.41) is 0. The molecule has 0 aliphatic carbocycles. The third-order valence-electron chi connectivity index (χ3n) is 7.91. The van der Waals surface area contributed by atoms with E-state index in [1.807, 2.05) is 13.8 Å². The van der Waals surface area contributed by atoms with E-state index in [1.165, 1.54) is 76.6 Å². The Morgan fingerprint density at radius 1 is 0.912 bits per heavy atom. The molecule has 2 atom stereocenters. The summed E-state index contributed by atoms with van der Waals surface area (Å²) in [5.74, 6) is 1.59. The molecular formula is C28H51N5O. The number of fused-ring (bicyclic) bond motifs is 2. The quantitative estimate of drug-likeness (QED) is 0.404. The van der Waals surface area contributed by atoms with E-state index in [1.54, 1.807) is 0 Å². The van der Waals surface area contributed by atoms with E-state index in [0.717, 1.165) is 32.3 Å². The van der Waals surface area contributed by atoms with Crippen molar-refractivity contribution in [1.82, 2.24) is 19.8 Å². The number of aromatic nitrogens is 2. The third kappa shape index (κ3) is 7.38. The molecule has 4 rings (SSSR count). The van der Waals surface area contributed by atoms with Crippen LogP contribution in [0.2, 0.25) is 0 Å². The number of ether oxygens (including phenoxy) is 1. The van der Waals surface area contributed by atoms with Gasteiger partial charge in [-0.2, -0.15) is 0 Å². The molecule has 4 heterocycles. The number of likely N-dealkylation sites (tertiary alicyclic amines) is 2. The van der Waals surface area contributed by atoms with E-state index in [9.17, 15) is 0 Å². The number of anilines is 1. The Morgan fingerprint density at radius 3 is 2.12 bits per heavy atom. The van der Waals surface area contributed by atoms with Crippen LogP contribution in [0.25, 0.3) is 0 Å². The lowest BCUT2D eigenvalue weighted by Gasteiger charge is -2.42. The number of hydrogen-bond donors (Lipinski definition) is 0. The topological polar surface area (TPSA) is 44.7 Å². The van der Waals surface area contributed by atoms with E-state index in [-0.39, 0.29) is 0 Å². The van der Waals surface area contributed by atoms with Gasteiger partial charge in [-0.1, -0.05) is 26.7 Å². The van der Waals surface area contributed by atoms with Crippen LogP contribution in [-0.2, 0) is 4.74 Å². The molecule has 0 radical (unpaired) electrons. The molecule has 34 heavy (non-hydrogen) atoms. The zero-order valence-electron chi connectivity index (χ0n) is 22.7. The minimum absolute atomic E-state index is 0.587. The number of unbranched alkanes of at least 4 members (excludes halogenated alkanes) is 3. The molecule has 6 nitrogen and oxygen atoms in total. The summed E-state index contributed by atoms with van der Waals surface area (Å²) in [6.07, 6.45) is 14.5. The fourth-order valence-corrected chi connectivity index (χ4v) is 5.89. The lowest BCUT2D eigenvalue weighted by atomic mass is 9.91. The summed E-state index contributed by atoms with van der Waals surface area (Å²) < 4.78 is 5.43. The summed E-state index contributed by atoms with van der Waals surface area (Å²) in [7, 11) is 0. The van der Waals surface area contributed by atoms with Gasteiger partial charge in [-0.05, 0) is 90.4 Å². The first kappa shape index (κ1) is 27.3. The van der Waals surface area contributed by atoms with Crippen LogP contribution < -0.4 is 4.90 Å². The van der Waals surface area contributed by atoms with Gasteiger partial charge in [0, 0.05) is 56.8 Å². The number of piperazine rings is 1. The van der Waals surface area contributed by atoms with E-state index in [2.05, 4.69) is 47.9 Å². The van der Waals surface area contributed by atoms with Crippen LogP contribution in [0.3, 0.4) is 0 Å². The predicted octanol–water partition coefficient (Wildman–Crippen LogP) is 5.34. The smallest absolute Gasteiger partial charge is 0.225 e. The lowest BCUT2D eigenvalue weighted by Crippen LogP contribution is -2.56. The van der Waals surface area contributed by atoms with E-state index < -0.39 is 0 Å². The molecule has 6 heteroatoms. The van der Waals surface area contributed by atoms with Gasteiger partial charge in [0.2, 0.25) is 5.95 Å². The molecular weight excluding hydrogens is 422 g/mol.